The van der Waals surface area contributed by atoms with E-state index >= 15 is 0 Å². The highest BCUT2D eigenvalue weighted by atomic mass is 15.5. The van der Waals surface area contributed by atoms with Crippen molar-refractivity contribution in [2.75, 3.05) is 66.0 Å². The molecule has 0 saturated carbocycles. The highest BCUT2D eigenvalue weighted by Gasteiger charge is 2.58. The lowest BCUT2D eigenvalue weighted by Crippen LogP contribution is -2.91. The molecule has 3 heterocycles. The molecule has 0 radical (unpaired) electrons. The molecular weight excluding hydrogens is 578 g/mol. The Labute approximate surface area is 295 Å². The summed E-state index contributed by atoms with van der Waals surface area (Å²) in [6.45, 7) is 40.9. The Morgan fingerprint density at radius 3 is 0.872 bits per heavy atom. The van der Waals surface area contributed by atoms with Gasteiger partial charge in [0.1, 0.15) is 0 Å². The van der Waals surface area contributed by atoms with Crippen molar-refractivity contribution < 1.29 is 0 Å². The molecule has 0 spiro atoms. The van der Waals surface area contributed by atoms with Gasteiger partial charge in [-0.25, -0.2) is 0 Å². The summed E-state index contributed by atoms with van der Waals surface area (Å²) in [5, 5.41) is 12.4. The highest BCUT2D eigenvalue weighted by molar-refractivity contribution is 6.94. The number of hydrogen-bond acceptors (Lipinski definition) is 12. The zero-order valence-corrected chi connectivity index (χ0v) is 33.2. The highest BCUT2D eigenvalue weighted by Crippen LogP contribution is 2.26. The minimum atomic E-state index is 0.0758. The standard InChI is InChI=1S/C26H69B9N12/c1-15-28-39(18-4)27(13)40(19-5)32(42(28)21-7)37-34-44(23-9)30(17-3)45(24-10)35(47(34)26-12)38-33-43(22-8)29(16-2)41(20-6)31(36-14)46(33)25-11/h36-38H,15-26H2,1-14H3. The lowest BCUT2D eigenvalue weighted by Gasteiger charge is -2.59. The van der Waals surface area contributed by atoms with E-state index in [1.807, 2.05) is 0 Å². The van der Waals surface area contributed by atoms with Crippen LogP contribution in [-0.4, -0.2) is 172 Å². The minimum absolute atomic E-state index is 0.0758. The average molecular weight is 647 g/mol. The van der Waals surface area contributed by atoms with Gasteiger partial charge in [-0.3, -0.25) is 0 Å². The third-order valence-electron chi connectivity index (χ3n) is 11.6. The summed E-state index contributed by atoms with van der Waals surface area (Å²) >= 11 is 0. The van der Waals surface area contributed by atoms with Gasteiger partial charge in [0.25, 0.3) is 27.9 Å². The summed E-state index contributed by atoms with van der Waals surface area (Å²) in [7, 11) is 2.72. The predicted molar refractivity (Wildman–Crippen MR) is 216 cm³/mol. The second-order valence-corrected chi connectivity index (χ2v) is 13.3. The van der Waals surface area contributed by atoms with Gasteiger partial charge in [0.2, 0.25) is 0 Å². The summed E-state index contributed by atoms with van der Waals surface area (Å²) in [6, 6.07) is 0. The minimum Gasteiger partial charge on any atom is -0.357 e. The van der Waals surface area contributed by atoms with Crippen molar-refractivity contribution in [2.45, 2.75) is 109 Å². The van der Waals surface area contributed by atoms with E-state index in [4.69, 9.17) is 0 Å². The third kappa shape index (κ3) is 7.97. The smallest absolute Gasteiger partial charge is 0.357 e. The first-order valence-corrected chi connectivity index (χ1v) is 19.7. The van der Waals surface area contributed by atoms with Crippen molar-refractivity contribution in [1.29, 1.82) is 0 Å². The summed E-state index contributed by atoms with van der Waals surface area (Å²) in [6.07, 6.45) is 3.29. The number of rotatable bonds is 17. The Bertz CT molecular complexity index is 890. The van der Waals surface area contributed by atoms with Crippen LogP contribution in [0, 0.1) is 0 Å². The van der Waals surface area contributed by atoms with Crippen LogP contribution in [0.4, 0.5) is 0 Å². The van der Waals surface area contributed by atoms with E-state index in [-0.39, 0.29) is 35.6 Å². The van der Waals surface area contributed by atoms with E-state index in [0.29, 0.717) is 27.9 Å². The number of nitrogens with zero attached hydrogens (tertiary/aromatic N) is 9. The van der Waals surface area contributed by atoms with E-state index in [0.717, 1.165) is 77.9 Å². The number of hydrogen-bond donors (Lipinski definition) is 3. The van der Waals surface area contributed by atoms with Gasteiger partial charge in [-0.15, -0.1) is 0 Å². The molecule has 3 saturated heterocycles. The first-order valence-electron chi connectivity index (χ1n) is 19.7. The van der Waals surface area contributed by atoms with Gasteiger partial charge in [-0.2, -0.15) is 0 Å². The fraction of sp³-hybridized carbons (Fsp3) is 1.00. The van der Waals surface area contributed by atoms with Crippen molar-refractivity contribution in [2.24, 2.45) is 0 Å². The molecule has 3 N–H and O–H groups in total. The van der Waals surface area contributed by atoms with Gasteiger partial charge in [0.15, 0.2) is 0 Å². The van der Waals surface area contributed by atoms with Crippen molar-refractivity contribution >= 4 is 63.5 Å². The third-order valence-corrected chi connectivity index (χ3v) is 11.6. The molecular formula is C26H69B9N12. The van der Waals surface area contributed by atoms with Crippen molar-refractivity contribution in [3.05, 3.63) is 0 Å². The SMILES string of the molecule is CCB1N(CC)B(C)N(CC)B(NB2N(CC)B(CC)N(CC)B(NB3N(CC)B(CC)N(CC)B(NC)N3CC)N2CC)N1CC. The van der Waals surface area contributed by atoms with Crippen LogP contribution < -0.4 is 15.5 Å². The average Bonchev–Trinajstić information content (AvgIpc) is 3.09. The molecule has 3 fully saturated rings. The molecule has 0 bridgehead atoms. The van der Waals surface area contributed by atoms with E-state index in [1.165, 1.54) is 0 Å². The molecule has 12 nitrogen and oxygen atoms in total. The lowest BCUT2D eigenvalue weighted by molar-refractivity contribution is 0.412. The van der Waals surface area contributed by atoms with E-state index < -0.39 is 0 Å². The molecule has 3 aliphatic heterocycles. The molecule has 0 aromatic rings. The van der Waals surface area contributed by atoms with Crippen LogP contribution in [0.2, 0.25) is 25.8 Å². The molecule has 3 rings (SSSR count). The largest absolute Gasteiger partial charge is 0.380 e. The van der Waals surface area contributed by atoms with Crippen LogP contribution in [0.25, 0.3) is 0 Å². The van der Waals surface area contributed by atoms with Gasteiger partial charge in [-0.05, 0) is 84.9 Å². The lowest BCUT2D eigenvalue weighted by atomic mass is 9.42. The van der Waals surface area contributed by atoms with Crippen molar-refractivity contribution in [3.8, 4) is 0 Å². The molecule has 0 unspecified atom stereocenters. The molecule has 3 aliphatic rings. The molecule has 0 aromatic carbocycles. The Morgan fingerprint density at radius 2 is 0.596 bits per heavy atom. The van der Waals surface area contributed by atoms with Crippen molar-refractivity contribution in [3.63, 3.8) is 0 Å². The summed E-state index contributed by atoms with van der Waals surface area (Å²) in [5.41, 5.74) is 0. The van der Waals surface area contributed by atoms with E-state index in [2.05, 4.69) is 155 Å². The molecule has 47 heavy (non-hydrogen) atoms. The molecule has 21 heteroatoms. The van der Waals surface area contributed by atoms with Crippen LogP contribution in [-0.2, 0) is 0 Å². The van der Waals surface area contributed by atoms with Gasteiger partial charge in [0.05, 0.1) is 0 Å². The quantitative estimate of drug-likeness (QED) is 0.197. The first kappa shape index (κ1) is 41.5. The van der Waals surface area contributed by atoms with Gasteiger partial charge in [0, 0.05) is 0 Å². The van der Waals surface area contributed by atoms with Crippen LogP contribution >= 0.6 is 0 Å². The Balaban J connectivity index is 2.12. The van der Waals surface area contributed by atoms with Crippen LogP contribution in [0.1, 0.15) is 83.1 Å². The Hall–Kier alpha value is 0.104. The van der Waals surface area contributed by atoms with E-state index in [1.54, 1.807) is 0 Å². The fourth-order valence-electron chi connectivity index (χ4n) is 9.54. The molecule has 0 amide bonds. The Morgan fingerprint density at radius 1 is 0.340 bits per heavy atom. The summed E-state index contributed by atoms with van der Waals surface area (Å²) in [5.74, 6) is 0. The zero-order chi connectivity index (χ0) is 35.0. The summed E-state index contributed by atoms with van der Waals surface area (Å²) < 4.78 is 24.2. The molecule has 0 atom stereocenters. The Kier molecular flexibility index (Phi) is 17.4. The van der Waals surface area contributed by atoms with Gasteiger partial charge < -0.3 is 58.0 Å². The number of nitrogens with one attached hydrogen (secondary N) is 3. The van der Waals surface area contributed by atoms with E-state index in [9.17, 15) is 0 Å². The fourth-order valence-corrected chi connectivity index (χ4v) is 9.54. The maximum Gasteiger partial charge on any atom is 0.380 e. The topological polar surface area (TPSA) is 65.3 Å². The second-order valence-electron chi connectivity index (χ2n) is 13.3. The molecule has 260 valence electrons. The predicted octanol–water partition coefficient (Wildman–Crippen LogP) is 0.890. The van der Waals surface area contributed by atoms with Crippen LogP contribution in [0.15, 0.2) is 0 Å². The molecule has 0 aliphatic carbocycles. The van der Waals surface area contributed by atoms with Gasteiger partial charge >= 0.3 is 35.6 Å². The van der Waals surface area contributed by atoms with Crippen molar-refractivity contribution in [1.82, 2.24) is 58.0 Å². The molecule has 0 aromatic heterocycles. The monoisotopic (exact) mass is 649 g/mol. The second kappa shape index (κ2) is 19.6. The zero-order valence-electron chi connectivity index (χ0n) is 33.2. The summed E-state index contributed by atoms with van der Waals surface area (Å²) in [4.78, 5) is 0. The maximum atomic E-state index is 4.35. The van der Waals surface area contributed by atoms with Crippen LogP contribution in [0.3, 0.4) is 0 Å². The first-order chi connectivity index (χ1) is 22.7. The normalized spacial score (nSPS) is 22.0. The maximum absolute atomic E-state index is 4.35. The van der Waals surface area contributed by atoms with Gasteiger partial charge in [-0.1, -0.05) is 89.9 Å². The van der Waals surface area contributed by atoms with Crippen LogP contribution in [0.5, 0.6) is 0 Å².